The van der Waals surface area contributed by atoms with E-state index in [2.05, 4.69) is 19.9 Å². The lowest BCUT2D eigenvalue weighted by Crippen LogP contribution is -2.03. The van der Waals surface area contributed by atoms with Crippen LogP contribution in [0.5, 0.6) is 5.75 Å². The van der Waals surface area contributed by atoms with E-state index in [1.807, 2.05) is 0 Å². The number of rotatable bonds is 5. The fraction of sp³-hybridized carbons (Fsp3) is 0.200. The van der Waals surface area contributed by atoms with Crippen LogP contribution in [0.1, 0.15) is 5.56 Å². The van der Waals surface area contributed by atoms with Crippen LogP contribution in [0.3, 0.4) is 0 Å². The quantitative estimate of drug-likeness (QED) is 0.816. The summed E-state index contributed by atoms with van der Waals surface area (Å²) in [6.45, 7) is -2.84. The zero-order chi connectivity index (χ0) is 13.0. The molecule has 0 spiro atoms. The second-order valence-corrected chi connectivity index (χ2v) is 4.22. The van der Waals surface area contributed by atoms with E-state index in [1.54, 1.807) is 18.2 Å². The molecule has 0 saturated heterocycles. The molecule has 1 aromatic heterocycles. The van der Waals surface area contributed by atoms with Gasteiger partial charge in [-0.25, -0.2) is 5.10 Å². The predicted octanol–water partition coefficient (Wildman–Crippen LogP) is 2.28. The normalized spacial score (nSPS) is 10.8. The van der Waals surface area contributed by atoms with Gasteiger partial charge in [0, 0.05) is 11.3 Å². The number of hydrogen-bond donors (Lipinski definition) is 2. The van der Waals surface area contributed by atoms with Crippen LogP contribution in [0, 0.1) is 0 Å². The molecule has 1 heterocycles. The van der Waals surface area contributed by atoms with Crippen LogP contribution >= 0.6 is 11.8 Å². The molecule has 18 heavy (non-hydrogen) atoms. The molecule has 2 rings (SSSR count). The Labute approximate surface area is 106 Å². The largest absolute Gasteiger partial charge is 0.435 e. The first kappa shape index (κ1) is 12.6. The number of thioether (sulfide) groups is 1. The summed E-state index contributed by atoms with van der Waals surface area (Å²) in [5.41, 5.74) is 6.02. The summed E-state index contributed by atoms with van der Waals surface area (Å²) in [5, 5.41) is 6.79. The molecule has 8 heteroatoms. The number of benzene rings is 1. The van der Waals surface area contributed by atoms with Crippen LogP contribution in [0.15, 0.2) is 29.4 Å². The molecular weight excluding hydrogens is 262 g/mol. The molecule has 2 aromatic rings. The molecule has 0 aliphatic rings. The third-order valence-corrected chi connectivity index (χ3v) is 2.92. The Morgan fingerprint density at radius 1 is 1.39 bits per heavy atom. The lowest BCUT2D eigenvalue weighted by atomic mass is 10.2. The van der Waals surface area contributed by atoms with Gasteiger partial charge < -0.3 is 10.5 Å². The minimum atomic E-state index is -2.84. The molecule has 96 valence electrons. The highest BCUT2D eigenvalue weighted by Gasteiger charge is 2.10. The maximum Gasteiger partial charge on any atom is 0.387 e. The van der Waals surface area contributed by atoms with Crippen molar-refractivity contribution in [1.29, 1.82) is 0 Å². The highest BCUT2D eigenvalue weighted by Crippen LogP contribution is 2.27. The van der Waals surface area contributed by atoms with Crippen LogP contribution in [-0.2, 0) is 5.75 Å². The fourth-order valence-electron chi connectivity index (χ4n) is 1.30. The summed E-state index contributed by atoms with van der Waals surface area (Å²) in [6.07, 6.45) is 0. The molecule has 5 nitrogen and oxygen atoms in total. The van der Waals surface area contributed by atoms with Gasteiger partial charge in [-0.1, -0.05) is 30.0 Å². The highest BCUT2D eigenvalue weighted by molar-refractivity contribution is 7.98. The monoisotopic (exact) mass is 272 g/mol. The van der Waals surface area contributed by atoms with Crippen molar-refractivity contribution >= 4 is 17.7 Å². The maximum atomic E-state index is 12.2. The van der Waals surface area contributed by atoms with E-state index >= 15 is 0 Å². The number of para-hydroxylation sites is 1. The SMILES string of the molecule is Nc1nc(SCc2ccccc2OC(F)F)n[nH]1. The molecule has 0 bridgehead atoms. The van der Waals surface area contributed by atoms with Crippen molar-refractivity contribution in [2.45, 2.75) is 17.5 Å². The maximum absolute atomic E-state index is 12.2. The van der Waals surface area contributed by atoms with Crippen LogP contribution in [-0.4, -0.2) is 21.8 Å². The number of nitrogens with one attached hydrogen (secondary N) is 1. The second-order valence-electron chi connectivity index (χ2n) is 3.28. The minimum absolute atomic E-state index is 0.156. The first-order chi connectivity index (χ1) is 8.65. The van der Waals surface area contributed by atoms with Crippen molar-refractivity contribution in [1.82, 2.24) is 15.2 Å². The Hall–Kier alpha value is -1.83. The molecule has 0 unspecified atom stereocenters. The van der Waals surface area contributed by atoms with Gasteiger partial charge in [0.15, 0.2) is 0 Å². The Morgan fingerprint density at radius 2 is 2.17 bits per heavy atom. The van der Waals surface area contributed by atoms with Crippen LogP contribution < -0.4 is 10.5 Å². The zero-order valence-corrected chi connectivity index (χ0v) is 9.95. The lowest BCUT2D eigenvalue weighted by Gasteiger charge is -2.09. The number of nitrogen functional groups attached to an aromatic ring is 1. The molecule has 1 aromatic carbocycles. The number of anilines is 1. The first-order valence-corrected chi connectivity index (χ1v) is 5.97. The number of aromatic nitrogens is 3. The summed E-state index contributed by atoms with van der Waals surface area (Å²) in [7, 11) is 0. The average molecular weight is 272 g/mol. The molecule has 0 radical (unpaired) electrons. The van der Waals surface area contributed by atoms with Crippen LogP contribution in [0.2, 0.25) is 0 Å². The number of nitrogens with zero attached hydrogens (tertiary/aromatic N) is 2. The van der Waals surface area contributed by atoms with Crippen molar-refractivity contribution in [3.05, 3.63) is 29.8 Å². The molecular formula is C10H10F2N4OS. The smallest absolute Gasteiger partial charge is 0.387 e. The minimum Gasteiger partial charge on any atom is -0.435 e. The summed E-state index contributed by atoms with van der Waals surface area (Å²) >= 11 is 1.28. The number of H-pyrrole nitrogens is 1. The van der Waals surface area contributed by atoms with Crippen molar-refractivity contribution in [2.24, 2.45) is 0 Å². The second kappa shape index (κ2) is 5.67. The zero-order valence-electron chi connectivity index (χ0n) is 9.14. The van der Waals surface area contributed by atoms with Gasteiger partial charge in [0.1, 0.15) is 5.75 Å². The van der Waals surface area contributed by atoms with Crippen molar-refractivity contribution in [3.63, 3.8) is 0 Å². The van der Waals surface area contributed by atoms with Crippen molar-refractivity contribution in [2.75, 3.05) is 5.73 Å². The molecule has 3 N–H and O–H groups in total. The summed E-state index contributed by atoms with van der Waals surface area (Å²) < 4.78 is 28.8. The number of nitrogens with two attached hydrogens (primary N) is 1. The molecule has 0 atom stereocenters. The third kappa shape index (κ3) is 3.33. The van der Waals surface area contributed by atoms with E-state index in [0.717, 1.165) is 0 Å². The molecule has 0 amide bonds. The van der Waals surface area contributed by atoms with E-state index in [0.29, 0.717) is 16.5 Å². The van der Waals surface area contributed by atoms with E-state index in [4.69, 9.17) is 5.73 Å². The van der Waals surface area contributed by atoms with Gasteiger partial charge in [-0.15, -0.1) is 5.10 Å². The van der Waals surface area contributed by atoms with Gasteiger partial charge in [-0.05, 0) is 6.07 Å². The summed E-state index contributed by atoms with van der Waals surface area (Å²) in [5.74, 6) is 0.790. The van der Waals surface area contributed by atoms with Crippen molar-refractivity contribution < 1.29 is 13.5 Å². The molecule has 0 aliphatic carbocycles. The number of hydrogen-bond acceptors (Lipinski definition) is 5. The highest BCUT2D eigenvalue weighted by atomic mass is 32.2. The first-order valence-electron chi connectivity index (χ1n) is 4.98. The van der Waals surface area contributed by atoms with Crippen molar-refractivity contribution in [3.8, 4) is 5.75 Å². The Kier molecular flexibility index (Phi) is 3.98. The van der Waals surface area contributed by atoms with E-state index in [-0.39, 0.29) is 11.7 Å². The molecule has 0 saturated carbocycles. The van der Waals surface area contributed by atoms with E-state index in [1.165, 1.54) is 17.8 Å². The predicted molar refractivity (Wildman–Crippen MR) is 63.4 cm³/mol. The van der Waals surface area contributed by atoms with Crippen LogP contribution in [0.4, 0.5) is 14.7 Å². The van der Waals surface area contributed by atoms with E-state index < -0.39 is 6.61 Å². The average Bonchev–Trinajstić information content (AvgIpc) is 2.73. The summed E-state index contributed by atoms with van der Waals surface area (Å²) in [6, 6.07) is 6.59. The topological polar surface area (TPSA) is 76.8 Å². The van der Waals surface area contributed by atoms with Gasteiger partial charge in [-0.2, -0.15) is 13.8 Å². The standard InChI is InChI=1S/C10H10F2N4OS/c11-8(12)17-7-4-2-1-3-6(7)5-18-10-14-9(13)15-16-10/h1-4,8H,5H2,(H3,13,14,15,16). The Balaban J connectivity index is 2.04. The molecule has 0 fully saturated rings. The summed E-state index contributed by atoms with van der Waals surface area (Å²) in [4.78, 5) is 3.90. The van der Waals surface area contributed by atoms with Gasteiger partial charge in [0.05, 0.1) is 0 Å². The van der Waals surface area contributed by atoms with Gasteiger partial charge in [-0.3, -0.25) is 0 Å². The van der Waals surface area contributed by atoms with E-state index in [9.17, 15) is 8.78 Å². The number of halogens is 2. The lowest BCUT2D eigenvalue weighted by molar-refractivity contribution is -0.0503. The van der Waals surface area contributed by atoms with Gasteiger partial charge in [0.25, 0.3) is 0 Å². The van der Waals surface area contributed by atoms with Gasteiger partial charge >= 0.3 is 6.61 Å². The third-order valence-electron chi connectivity index (χ3n) is 2.03. The number of ether oxygens (including phenoxy) is 1. The number of alkyl halides is 2. The van der Waals surface area contributed by atoms with Gasteiger partial charge in [0.2, 0.25) is 11.1 Å². The fourth-order valence-corrected chi connectivity index (χ4v) is 2.10. The molecule has 0 aliphatic heterocycles. The Morgan fingerprint density at radius 3 is 2.83 bits per heavy atom. The number of aromatic amines is 1. The Bertz CT molecular complexity index is 520. The van der Waals surface area contributed by atoms with Crippen LogP contribution in [0.25, 0.3) is 0 Å².